The Bertz CT molecular complexity index is 585. The average molecular weight is 359 g/mol. The van der Waals surface area contributed by atoms with Crippen molar-refractivity contribution in [3.63, 3.8) is 0 Å². The number of rotatable bonds is 3. The lowest BCUT2D eigenvalue weighted by atomic mass is 9.92. The highest BCUT2D eigenvalue weighted by atomic mass is 16.5. The fraction of sp³-hybridized carbons (Fsp3) is 0.737. The first-order valence-corrected chi connectivity index (χ1v) is 9.94. The van der Waals surface area contributed by atoms with Gasteiger partial charge in [0, 0.05) is 51.2 Å². The van der Waals surface area contributed by atoms with Gasteiger partial charge < -0.3 is 14.5 Å². The van der Waals surface area contributed by atoms with E-state index < -0.39 is 0 Å². The predicted molar refractivity (Wildman–Crippen MR) is 99.0 cm³/mol. The highest BCUT2D eigenvalue weighted by Gasteiger charge is 2.34. The van der Waals surface area contributed by atoms with Gasteiger partial charge in [-0.3, -0.25) is 9.69 Å². The minimum Gasteiger partial charge on any atom is -0.378 e. The van der Waals surface area contributed by atoms with Crippen molar-refractivity contribution in [2.45, 2.75) is 31.7 Å². The molecule has 3 aliphatic heterocycles. The first kappa shape index (κ1) is 17.7. The van der Waals surface area contributed by atoms with Crippen LogP contribution in [-0.2, 0) is 9.53 Å². The van der Waals surface area contributed by atoms with E-state index in [0.29, 0.717) is 25.2 Å². The van der Waals surface area contributed by atoms with Gasteiger partial charge in [-0.15, -0.1) is 0 Å². The van der Waals surface area contributed by atoms with Crippen molar-refractivity contribution in [2.24, 2.45) is 5.92 Å². The van der Waals surface area contributed by atoms with Gasteiger partial charge in [0.25, 0.3) is 0 Å². The number of likely N-dealkylation sites (tertiary alicyclic amines) is 1. The highest BCUT2D eigenvalue weighted by Crippen LogP contribution is 2.26. The van der Waals surface area contributed by atoms with Crippen molar-refractivity contribution in [1.82, 2.24) is 19.8 Å². The van der Waals surface area contributed by atoms with E-state index >= 15 is 0 Å². The fourth-order valence-corrected chi connectivity index (χ4v) is 4.47. The summed E-state index contributed by atoms with van der Waals surface area (Å²) in [6.45, 7) is 6.91. The number of piperidine rings is 2. The molecule has 4 heterocycles. The predicted octanol–water partition coefficient (Wildman–Crippen LogP) is 1.02. The van der Waals surface area contributed by atoms with E-state index in [4.69, 9.17) is 4.74 Å². The van der Waals surface area contributed by atoms with Crippen molar-refractivity contribution in [1.29, 1.82) is 0 Å². The Hall–Kier alpha value is -1.73. The van der Waals surface area contributed by atoms with Crippen LogP contribution in [0.3, 0.4) is 0 Å². The van der Waals surface area contributed by atoms with E-state index in [1.807, 2.05) is 11.0 Å². The molecule has 3 saturated heterocycles. The molecule has 26 heavy (non-hydrogen) atoms. The molecule has 1 amide bonds. The second-order valence-corrected chi connectivity index (χ2v) is 7.54. The molecule has 0 aromatic carbocycles. The average Bonchev–Trinajstić information content (AvgIpc) is 2.75. The first-order chi connectivity index (χ1) is 12.8. The molecule has 0 unspecified atom stereocenters. The first-order valence-electron chi connectivity index (χ1n) is 9.94. The fourth-order valence-electron chi connectivity index (χ4n) is 4.47. The Morgan fingerprint density at radius 2 is 1.73 bits per heavy atom. The maximum atomic E-state index is 12.8. The number of anilines is 1. The van der Waals surface area contributed by atoms with Crippen molar-refractivity contribution >= 4 is 11.9 Å². The third-order valence-electron chi connectivity index (χ3n) is 5.94. The van der Waals surface area contributed by atoms with Gasteiger partial charge in [-0.2, -0.15) is 0 Å². The molecule has 3 aliphatic rings. The van der Waals surface area contributed by atoms with Gasteiger partial charge in [-0.05, 0) is 38.3 Å². The SMILES string of the molecule is O=C([C@H]1CCCN(C2CCN(c3ncccn3)CC2)C1)N1CCOCC1. The number of aromatic nitrogens is 2. The summed E-state index contributed by atoms with van der Waals surface area (Å²) in [5.41, 5.74) is 0. The Morgan fingerprint density at radius 3 is 2.46 bits per heavy atom. The topological polar surface area (TPSA) is 61.8 Å². The van der Waals surface area contributed by atoms with Crippen molar-refractivity contribution in [3.8, 4) is 0 Å². The number of amides is 1. The Balaban J connectivity index is 1.30. The molecule has 1 aromatic heterocycles. The molecule has 1 atom stereocenters. The van der Waals surface area contributed by atoms with Crippen LogP contribution in [0, 0.1) is 5.92 Å². The molecular weight excluding hydrogens is 330 g/mol. The molecule has 0 spiro atoms. The van der Waals surface area contributed by atoms with Crippen LogP contribution in [0.5, 0.6) is 0 Å². The second kappa shape index (κ2) is 8.31. The van der Waals surface area contributed by atoms with Gasteiger partial charge in [-0.25, -0.2) is 9.97 Å². The van der Waals surface area contributed by atoms with E-state index in [1.165, 1.54) is 0 Å². The van der Waals surface area contributed by atoms with Crippen LogP contribution in [0.2, 0.25) is 0 Å². The number of carbonyl (C=O) groups is 1. The van der Waals surface area contributed by atoms with Gasteiger partial charge >= 0.3 is 0 Å². The van der Waals surface area contributed by atoms with E-state index in [0.717, 1.165) is 70.9 Å². The maximum Gasteiger partial charge on any atom is 0.227 e. The zero-order valence-corrected chi connectivity index (χ0v) is 15.4. The Labute approximate surface area is 155 Å². The number of morpholine rings is 1. The Kier molecular flexibility index (Phi) is 5.65. The lowest BCUT2D eigenvalue weighted by Gasteiger charge is -2.43. The quantitative estimate of drug-likeness (QED) is 0.803. The molecule has 0 saturated carbocycles. The molecule has 0 bridgehead atoms. The lowest BCUT2D eigenvalue weighted by molar-refractivity contribution is -0.141. The minimum absolute atomic E-state index is 0.164. The summed E-state index contributed by atoms with van der Waals surface area (Å²) in [6, 6.07) is 2.44. The molecule has 0 N–H and O–H groups in total. The molecule has 3 fully saturated rings. The van der Waals surface area contributed by atoms with E-state index in [1.54, 1.807) is 12.4 Å². The third kappa shape index (κ3) is 3.99. The van der Waals surface area contributed by atoms with Gasteiger partial charge in [0.1, 0.15) is 0 Å². The summed E-state index contributed by atoms with van der Waals surface area (Å²) in [7, 11) is 0. The number of nitrogens with zero attached hydrogens (tertiary/aromatic N) is 5. The molecule has 1 aromatic rings. The van der Waals surface area contributed by atoms with Crippen LogP contribution >= 0.6 is 0 Å². The van der Waals surface area contributed by atoms with Crippen molar-refractivity contribution in [3.05, 3.63) is 18.5 Å². The van der Waals surface area contributed by atoms with Crippen LogP contribution in [0.4, 0.5) is 5.95 Å². The molecule has 0 aliphatic carbocycles. The largest absolute Gasteiger partial charge is 0.378 e. The summed E-state index contributed by atoms with van der Waals surface area (Å²) in [5, 5.41) is 0. The van der Waals surface area contributed by atoms with Crippen molar-refractivity contribution < 1.29 is 9.53 Å². The van der Waals surface area contributed by atoms with Gasteiger partial charge in [0.2, 0.25) is 11.9 Å². The zero-order valence-electron chi connectivity index (χ0n) is 15.4. The minimum atomic E-state index is 0.164. The van der Waals surface area contributed by atoms with E-state index in [2.05, 4.69) is 19.8 Å². The van der Waals surface area contributed by atoms with Crippen LogP contribution in [0.1, 0.15) is 25.7 Å². The van der Waals surface area contributed by atoms with Crippen LogP contribution in [0.15, 0.2) is 18.5 Å². The number of hydrogen-bond donors (Lipinski definition) is 0. The molecule has 7 nitrogen and oxygen atoms in total. The highest BCUT2D eigenvalue weighted by molar-refractivity contribution is 5.79. The van der Waals surface area contributed by atoms with Crippen LogP contribution in [-0.4, -0.2) is 84.2 Å². The molecule has 142 valence electrons. The maximum absolute atomic E-state index is 12.8. The number of ether oxygens (including phenoxy) is 1. The standard InChI is InChI=1S/C19H29N5O2/c25-18(22-11-13-26-14-12-22)16-3-1-8-24(15-16)17-4-9-23(10-5-17)19-20-6-2-7-21-19/h2,6-7,16-17H,1,3-5,8-15H2/t16-/m0/s1. The van der Waals surface area contributed by atoms with E-state index in [9.17, 15) is 4.79 Å². The Morgan fingerprint density at radius 1 is 1.00 bits per heavy atom. The molecule has 7 heteroatoms. The zero-order chi connectivity index (χ0) is 17.8. The normalized spacial score (nSPS) is 26.1. The van der Waals surface area contributed by atoms with Gasteiger partial charge in [0.05, 0.1) is 19.1 Å². The van der Waals surface area contributed by atoms with Crippen molar-refractivity contribution in [2.75, 3.05) is 57.4 Å². The summed E-state index contributed by atoms with van der Waals surface area (Å²) < 4.78 is 5.38. The summed E-state index contributed by atoms with van der Waals surface area (Å²) in [5.74, 6) is 1.34. The molecule has 4 rings (SSSR count). The van der Waals surface area contributed by atoms with Crippen LogP contribution in [0.25, 0.3) is 0 Å². The number of hydrogen-bond acceptors (Lipinski definition) is 6. The number of carbonyl (C=O) groups excluding carboxylic acids is 1. The third-order valence-corrected chi connectivity index (χ3v) is 5.94. The smallest absolute Gasteiger partial charge is 0.227 e. The monoisotopic (exact) mass is 359 g/mol. The summed E-state index contributed by atoms with van der Waals surface area (Å²) in [4.78, 5) is 28.4. The summed E-state index contributed by atoms with van der Waals surface area (Å²) in [6.07, 6.45) is 8.02. The van der Waals surface area contributed by atoms with Gasteiger partial charge in [0.15, 0.2) is 0 Å². The van der Waals surface area contributed by atoms with E-state index in [-0.39, 0.29) is 5.92 Å². The second-order valence-electron chi connectivity index (χ2n) is 7.54. The molecule has 0 radical (unpaired) electrons. The summed E-state index contributed by atoms with van der Waals surface area (Å²) >= 11 is 0. The molecular formula is C19H29N5O2. The van der Waals surface area contributed by atoms with Crippen LogP contribution < -0.4 is 4.90 Å². The lowest BCUT2D eigenvalue weighted by Crippen LogP contribution is -2.52. The van der Waals surface area contributed by atoms with Gasteiger partial charge in [-0.1, -0.05) is 0 Å².